The minimum atomic E-state index is -0.932. The van der Waals surface area contributed by atoms with Crippen molar-refractivity contribution < 1.29 is 9.90 Å². The molecule has 0 saturated carbocycles. The van der Waals surface area contributed by atoms with E-state index < -0.39 is 5.97 Å². The molecule has 8 heteroatoms. The number of thioether (sulfide) groups is 1. The van der Waals surface area contributed by atoms with Crippen molar-refractivity contribution in [2.24, 2.45) is 0 Å². The Morgan fingerprint density at radius 2 is 2.28 bits per heavy atom. The number of carboxylic acid groups (broad SMARTS) is 1. The topological polar surface area (TPSA) is 107 Å². The molecule has 0 fully saturated rings. The number of carboxylic acids is 1. The molecule has 0 atom stereocenters. The van der Waals surface area contributed by atoms with Gasteiger partial charge in [0, 0.05) is 5.69 Å². The van der Waals surface area contributed by atoms with E-state index in [1.807, 2.05) is 19.1 Å². The molecule has 7 nitrogen and oxygen atoms in total. The minimum Gasteiger partial charge on any atom is -0.481 e. The third-order valence-electron chi connectivity index (χ3n) is 2.11. The standard InChI is InChI=1S/C10H11N5O2S/c1-6-3-2-4-7(12-6)9-13-14-10(15(9)11)18-5-8(16)17/h2-4H,5,11H2,1H3,(H,16,17). The van der Waals surface area contributed by atoms with Gasteiger partial charge in [0.05, 0.1) is 5.75 Å². The van der Waals surface area contributed by atoms with Crippen molar-refractivity contribution in [1.82, 2.24) is 19.9 Å². The second-order valence-electron chi connectivity index (χ2n) is 3.52. The highest BCUT2D eigenvalue weighted by atomic mass is 32.2. The normalized spacial score (nSPS) is 10.5. The summed E-state index contributed by atoms with van der Waals surface area (Å²) in [4.78, 5) is 14.8. The van der Waals surface area contributed by atoms with Crippen LogP contribution in [0.5, 0.6) is 0 Å². The summed E-state index contributed by atoms with van der Waals surface area (Å²) in [6.45, 7) is 1.86. The zero-order valence-electron chi connectivity index (χ0n) is 9.57. The van der Waals surface area contributed by atoms with E-state index in [0.29, 0.717) is 16.7 Å². The Labute approximate surface area is 107 Å². The van der Waals surface area contributed by atoms with Gasteiger partial charge >= 0.3 is 5.97 Å². The van der Waals surface area contributed by atoms with Crippen LogP contribution < -0.4 is 5.84 Å². The molecule has 0 aliphatic rings. The van der Waals surface area contributed by atoms with Crippen LogP contribution in [0.3, 0.4) is 0 Å². The number of aliphatic carboxylic acids is 1. The predicted octanol–water partition coefficient (Wildman–Crippen LogP) is 0.539. The van der Waals surface area contributed by atoms with Crippen molar-refractivity contribution in [2.75, 3.05) is 11.6 Å². The molecular formula is C10H11N5O2S. The van der Waals surface area contributed by atoms with Crippen molar-refractivity contribution >= 4 is 17.7 Å². The predicted molar refractivity (Wildman–Crippen MR) is 66.5 cm³/mol. The van der Waals surface area contributed by atoms with Gasteiger partial charge in [-0.2, -0.15) is 0 Å². The Morgan fingerprint density at radius 3 is 2.94 bits per heavy atom. The third-order valence-corrected chi connectivity index (χ3v) is 3.03. The van der Waals surface area contributed by atoms with Crippen molar-refractivity contribution in [2.45, 2.75) is 12.1 Å². The molecule has 2 heterocycles. The second kappa shape index (κ2) is 5.05. The second-order valence-corrected chi connectivity index (χ2v) is 4.47. The monoisotopic (exact) mass is 265 g/mol. The van der Waals surface area contributed by atoms with Crippen molar-refractivity contribution in [3.8, 4) is 11.5 Å². The van der Waals surface area contributed by atoms with Crippen LogP contribution in [-0.4, -0.2) is 36.7 Å². The van der Waals surface area contributed by atoms with Gasteiger partial charge in [-0.1, -0.05) is 17.8 Å². The molecule has 0 aromatic carbocycles. The van der Waals surface area contributed by atoms with Crippen LogP contribution >= 0.6 is 11.8 Å². The minimum absolute atomic E-state index is 0.115. The van der Waals surface area contributed by atoms with Crippen LogP contribution in [0.4, 0.5) is 0 Å². The Balaban J connectivity index is 2.28. The number of carbonyl (C=O) groups is 1. The van der Waals surface area contributed by atoms with Gasteiger partial charge in [-0.15, -0.1) is 10.2 Å². The molecule has 0 amide bonds. The van der Waals surface area contributed by atoms with Crippen molar-refractivity contribution in [1.29, 1.82) is 0 Å². The van der Waals surface area contributed by atoms with Crippen LogP contribution in [0.25, 0.3) is 11.5 Å². The third kappa shape index (κ3) is 2.59. The number of aromatic nitrogens is 4. The molecule has 0 radical (unpaired) electrons. The maximum Gasteiger partial charge on any atom is 0.313 e. The fourth-order valence-corrected chi connectivity index (χ4v) is 1.92. The summed E-state index contributed by atoms with van der Waals surface area (Å²) in [5.74, 6) is 5.17. The number of nitrogens with two attached hydrogens (primary N) is 1. The molecule has 0 aliphatic carbocycles. The van der Waals surface area contributed by atoms with E-state index in [4.69, 9.17) is 10.9 Å². The van der Waals surface area contributed by atoms with Gasteiger partial charge in [-0.3, -0.25) is 4.79 Å². The fourth-order valence-electron chi connectivity index (χ4n) is 1.34. The molecule has 0 saturated heterocycles. The Morgan fingerprint density at radius 1 is 1.50 bits per heavy atom. The van der Waals surface area contributed by atoms with Gasteiger partial charge in [0.15, 0.2) is 0 Å². The van der Waals surface area contributed by atoms with E-state index in [1.165, 1.54) is 4.68 Å². The first kappa shape index (κ1) is 12.4. The first-order valence-electron chi connectivity index (χ1n) is 5.07. The van der Waals surface area contributed by atoms with Gasteiger partial charge in [0.1, 0.15) is 5.69 Å². The van der Waals surface area contributed by atoms with E-state index in [2.05, 4.69) is 15.2 Å². The summed E-state index contributed by atoms with van der Waals surface area (Å²) >= 11 is 1.01. The maximum absolute atomic E-state index is 10.5. The van der Waals surface area contributed by atoms with Crippen LogP contribution in [0.1, 0.15) is 5.69 Å². The average Bonchev–Trinajstić information content (AvgIpc) is 2.68. The van der Waals surface area contributed by atoms with E-state index in [0.717, 1.165) is 17.5 Å². The highest BCUT2D eigenvalue weighted by Crippen LogP contribution is 2.19. The molecule has 2 rings (SSSR count). The highest BCUT2D eigenvalue weighted by molar-refractivity contribution is 7.99. The lowest BCUT2D eigenvalue weighted by Gasteiger charge is -2.02. The highest BCUT2D eigenvalue weighted by Gasteiger charge is 2.14. The van der Waals surface area contributed by atoms with Gasteiger partial charge in [0.25, 0.3) is 0 Å². The van der Waals surface area contributed by atoms with Crippen LogP contribution in [0, 0.1) is 6.92 Å². The van der Waals surface area contributed by atoms with Crippen LogP contribution in [-0.2, 0) is 4.79 Å². The Bertz CT molecular complexity index is 583. The Kier molecular flexibility index (Phi) is 3.47. The van der Waals surface area contributed by atoms with E-state index in [-0.39, 0.29) is 5.75 Å². The average molecular weight is 265 g/mol. The van der Waals surface area contributed by atoms with E-state index >= 15 is 0 Å². The molecular weight excluding hydrogens is 254 g/mol. The Hall–Kier alpha value is -2.09. The molecule has 3 N–H and O–H groups in total. The van der Waals surface area contributed by atoms with Crippen LogP contribution in [0.15, 0.2) is 23.4 Å². The number of hydrogen-bond donors (Lipinski definition) is 2. The van der Waals surface area contributed by atoms with Crippen LogP contribution in [0.2, 0.25) is 0 Å². The van der Waals surface area contributed by atoms with Gasteiger partial charge in [-0.25, -0.2) is 9.66 Å². The lowest BCUT2D eigenvalue weighted by molar-refractivity contribution is -0.133. The summed E-state index contributed by atoms with van der Waals surface area (Å²) in [7, 11) is 0. The molecule has 94 valence electrons. The van der Waals surface area contributed by atoms with E-state index in [1.54, 1.807) is 6.07 Å². The number of nitrogen functional groups attached to an aromatic ring is 1. The number of rotatable bonds is 4. The zero-order chi connectivity index (χ0) is 13.1. The quantitative estimate of drug-likeness (QED) is 0.613. The lowest BCUT2D eigenvalue weighted by Crippen LogP contribution is -2.13. The van der Waals surface area contributed by atoms with Gasteiger partial charge in [-0.05, 0) is 19.1 Å². The van der Waals surface area contributed by atoms with Crippen molar-refractivity contribution in [3.63, 3.8) is 0 Å². The maximum atomic E-state index is 10.5. The number of nitrogens with zero attached hydrogens (tertiary/aromatic N) is 4. The summed E-state index contributed by atoms with van der Waals surface area (Å²) in [6, 6.07) is 5.48. The largest absolute Gasteiger partial charge is 0.481 e. The SMILES string of the molecule is Cc1cccc(-c2nnc(SCC(=O)O)n2N)n1. The number of aryl methyl sites for hydroxylation is 1. The summed E-state index contributed by atoms with van der Waals surface area (Å²) in [5.41, 5.74) is 1.45. The fraction of sp³-hybridized carbons (Fsp3) is 0.200. The summed E-state index contributed by atoms with van der Waals surface area (Å²) < 4.78 is 1.25. The van der Waals surface area contributed by atoms with Gasteiger partial charge < -0.3 is 10.9 Å². The molecule has 0 unspecified atom stereocenters. The van der Waals surface area contributed by atoms with E-state index in [9.17, 15) is 4.79 Å². The smallest absolute Gasteiger partial charge is 0.313 e. The number of hydrogen-bond acceptors (Lipinski definition) is 6. The summed E-state index contributed by atoms with van der Waals surface area (Å²) in [6.07, 6.45) is 0. The molecule has 0 aliphatic heterocycles. The number of pyridine rings is 1. The molecule has 0 spiro atoms. The molecule has 18 heavy (non-hydrogen) atoms. The molecule has 0 bridgehead atoms. The van der Waals surface area contributed by atoms with Crippen molar-refractivity contribution in [3.05, 3.63) is 23.9 Å². The molecule has 2 aromatic rings. The lowest BCUT2D eigenvalue weighted by atomic mass is 10.3. The first-order chi connectivity index (χ1) is 8.58. The zero-order valence-corrected chi connectivity index (χ0v) is 10.4. The summed E-state index contributed by atoms with van der Waals surface area (Å²) in [5, 5.41) is 16.7. The first-order valence-corrected chi connectivity index (χ1v) is 6.05. The van der Waals surface area contributed by atoms with Gasteiger partial charge in [0.2, 0.25) is 11.0 Å². The molecule has 2 aromatic heterocycles.